The zero-order valence-corrected chi connectivity index (χ0v) is 24.7. The van der Waals surface area contributed by atoms with Crippen LogP contribution in [0.15, 0.2) is 121 Å². The second kappa shape index (κ2) is 17.3. The summed E-state index contributed by atoms with van der Waals surface area (Å²) in [6, 6.07) is 27.7. The summed E-state index contributed by atoms with van der Waals surface area (Å²) in [5.41, 5.74) is 16.4. The number of nitrogens with one attached hydrogen (secondary N) is 3. The zero-order valence-electron chi connectivity index (χ0n) is 24.7. The molecule has 4 nitrogen and oxygen atoms in total. The number of nitrogens with two attached hydrogens (primary N) is 1. The van der Waals surface area contributed by atoms with E-state index in [1.165, 1.54) is 27.8 Å². The highest BCUT2D eigenvalue weighted by molar-refractivity contribution is 5.75. The van der Waals surface area contributed by atoms with E-state index in [0.717, 1.165) is 61.1 Å². The fourth-order valence-electron chi connectivity index (χ4n) is 3.95. The topological polar surface area (TPSA) is 73.9 Å². The molecule has 0 fully saturated rings. The number of hydrogen-bond donors (Lipinski definition) is 4. The second-order valence-electron chi connectivity index (χ2n) is 10.2. The van der Waals surface area contributed by atoms with Crippen molar-refractivity contribution in [3.8, 4) is 0 Å². The van der Waals surface area contributed by atoms with Crippen molar-refractivity contribution in [2.75, 3.05) is 0 Å². The summed E-state index contributed by atoms with van der Waals surface area (Å²) in [6.45, 7) is 18.0. The first kappa shape index (κ1) is 31.9. The highest BCUT2D eigenvalue weighted by atomic mass is 14.9. The molecule has 0 aromatic heterocycles. The third-order valence-corrected chi connectivity index (χ3v) is 6.54. The van der Waals surface area contributed by atoms with Crippen LogP contribution in [0, 0.1) is 12.3 Å². The molecule has 3 aromatic carbocycles. The maximum Gasteiger partial charge on any atom is 0.0479 e. The summed E-state index contributed by atoms with van der Waals surface area (Å²) in [5.74, 6) is 0. The molecule has 0 amide bonds. The minimum atomic E-state index is 0.556. The van der Waals surface area contributed by atoms with Gasteiger partial charge < -0.3 is 21.8 Å². The van der Waals surface area contributed by atoms with Gasteiger partial charge in [0, 0.05) is 36.4 Å². The van der Waals surface area contributed by atoms with E-state index in [9.17, 15) is 0 Å². The maximum absolute atomic E-state index is 6.63. The van der Waals surface area contributed by atoms with Crippen molar-refractivity contribution in [1.82, 2.24) is 10.6 Å². The summed E-state index contributed by atoms with van der Waals surface area (Å²) in [5, 5.41) is 13.6. The van der Waals surface area contributed by atoms with Crippen LogP contribution in [-0.4, -0.2) is 6.21 Å². The molecule has 0 atom stereocenters. The molecule has 0 saturated carbocycles. The maximum atomic E-state index is 6.63. The van der Waals surface area contributed by atoms with Gasteiger partial charge in [0.25, 0.3) is 0 Å². The average molecular weight is 535 g/mol. The van der Waals surface area contributed by atoms with Crippen molar-refractivity contribution in [2.45, 2.75) is 60.0 Å². The summed E-state index contributed by atoms with van der Waals surface area (Å²) in [7, 11) is 0. The fourth-order valence-corrected chi connectivity index (χ4v) is 3.95. The molecule has 0 spiro atoms. The molecule has 3 aromatic rings. The minimum Gasteiger partial charge on any atom is -0.398 e. The van der Waals surface area contributed by atoms with Gasteiger partial charge in [-0.15, -0.1) is 0 Å². The number of rotatable bonds is 13. The first-order valence-electron chi connectivity index (χ1n) is 13.8. The van der Waals surface area contributed by atoms with Crippen LogP contribution in [0.5, 0.6) is 0 Å². The Labute approximate surface area is 241 Å². The van der Waals surface area contributed by atoms with E-state index >= 15 is 0 Å². The molecule has 40 heavy (non-hydrogen) atoms. The molecule has 4 heteroatoms. The summed E-state index contributed by atoms with van der Waals surface area (Å²) >= 11 is 0. The molecule has 0 aliphatic heterocycles. The fraction of sp³-hybridized carbons (Fsp3) is 0.250. The smallest absolute Gasteiger partial charge is 0.0479 e. The van der Waals surface area contributed by atoms with E-state index in [2.05, 4.69) is 123 Å². The van der Waals surface area contributed by atoms with Crippen LogP contribution < -0.4 is 16.4 Å². The third-order valence-electron chi connectivity index (χ3n) is 6.54. The van der Waals surface area contributed by atoms with E-state index in [1.54, 1.807) is 0 Å². The minimum absolute atomic E-state index is 0.556. The van der Waals surface area contributed by atoms with Gasteiger partial charge >= 0.3 is 0 Å². The van der Waals surface area contributed by atoms with E-state index in [4.69, 9.17) is 11.1 Å². The third kappa shape index (κ3) is 12.0. The van der Waals surface area contributed by atoms with Crippen molar-refractivity contribution < 1.29 is 0 Å². The van der Waals surface area contributed by atoms with Crippen LogP contribution in [0.3, 0.4) is 0 Å². The average Bonchev–Trinajstić information content (AvgIpc) is 2.96. The van der Waals surface area contributed by atoms with Gasteiger partial charge in [0.15, 0.2) is 0 Å². The molecule has 5 N–H and O–H groups in total. The monoisotopic (exact) mass is 534 g/mol. The van der Waals surface area contributed by atoms with Crippen LogP contribution in [-0.2, 0) is 19.5 Å². The lowest BCUT2D eigenvalue weighted by Crippen LogP contribution is -2.13. The van der Waals surface area contributed by atoms with Crippen molar-refractivity contribution in [1.29, 1.82) is 5.41 Å². The second-order valence-corrected chi connectivity index (χ2v) is 10.2. The first-order chi connectivity index (χ1) is 19.2. The van der Waals surface area contributed by atoms with Crippen molar-refractivity contribution in [3.63, 3.8) is 0 Å². The molecule has 0 heterocycles. The number of aryl methyl sites for hydroxylation is 2. The lowest BCUT2D eigenvalue weighted by molar-refractivity contribution is 0.712. The van der Waals surface area contributed by atoms with Crippen LogP contribution in [0.25, 0.3) is 5.57 Å². The highest BCUT2D eigenvalue weighted by Gasteiger charge is 2.02. The molecule has 0 unspecified atom stereocenters. The predicted molar refractivity (Wildman–Crippen MR) is 174 cm³/mol. The van der Waals surface area contributed by atoms with Crippen molar-refractivity contribution in [3.05, 3.63) is 149 Å². The predicted octanol–water partition coefficient (Wildman–Crippen LogP) is 8.22. The van der Waals surface area contributed by atoms with Gasteiger partial charge in [-0.25, -0.2) is 0 Å². The van der Waals surface area contributed by atoms with E-state index in [0.29, 0.717) is 5.70 Å². The Morgan fingerprint density at radius 3 is 1.93 bits per heavy atom. The standard InChI is InChI=1S/C31H36N2.C5H10N2/c1-24-11-8-9-16-31(24)25(2)21-27(4)33-23-30-19-17-29(18-20-30)22-32-26(3)12-10-15-28-13-6-5-7-14-28;1-4(2)5(7)3-6/h5-9,11,13-14,16-21,32-33H,2-3,10,12,15,22-23H2,1,4H3;3,6H,7H2,1-2H3/b27-21+;. The molecule has 210 valence electrons. The highest BCUT2D eigenvalue weighted by Crippen LogP contribution is 2.19. The van der Waals surface area contributed by atoms with Crippen molar-refractivity contribution >= 4 is 11.8 Å². The molecular weight excluding hydrogens is 488 g/mol. The molecule has 0 radical (unpaired) electrons. The Bertz CT molecular complexity index is 1290. The summed E-state index contributed by atoms with van der Waals surface area (Å²) in [4.78, 5) is 0. The zero-order chi connectivity index (χ0) is 29.3. The van der Waals surface area contributed by atoms with Crippen molar-refractivity contribution in [2.24, 2.45) is 5.73 Å². The Hall–Kier alpha value is -4.31. The van der Waals surface area contributed by atoms with Gasteiger partial charge in [0.2, 0.25) is 0 Å². The van der Waals surface area contributed by atoms with E-state index in [-0.39, 0.29) is 0 Å². The summed E-state index contributed by atoms with van der Waals surface area (Å²) < 4.78 is 0. The molecule has 0 aliphatic rings. The Kier molecular flexibility index (Phi) is 13.8. The lowest BCUT2D eigenvalue weighted by Gasteiger charge is -2.12. The van der Waals surface area contributed by atoms with E-state index < -0.39 is 0 Å². The molecular formula is C36H46N4. The van der Waals surface area contributed by atoms with Gasteiger partial charge in [-0.3, -0.25) is 0 Å². The molecule has 3 rings (SSSR count). The molecule has 0 bridgehead atoms. The Morgan fingerprint density at radius 2 is 1.38 bits per heavy atom. The van der Waals surface area contributed by atoms with Crippen LogP contribution in [0.4, 0.5) is 0 Å². The van der Waals surface area contributed by atoms with Gasteiger partial charge in [-0.05, 0) is 86.4 Å². The quantitative estimate of drug-likeness (QED) is 0.132. The van der Waals surface area contributed by atoms with Gasteiger partial charge in [0.1, 0.15) is 0 Å². The first-order valence-corrected chi connectivity index (χ1v) is 13.8. The van der Waals surface area contributed by atoms with Crippen LogP contribution >= 0.6 is 0 Å². The number of allylic oxidation sites excluding steroid dienone is 6. The largest absolute Gasteiger partial charge is 0.398 e. The SMILES string of the molecule is C=C(CCCc1ccccc1)NCc1ccc(CN/C(C)=C/C(=C)c2ccccc2C)cc1.CC(C)=C(N)C=N. The van der Waals surface area contributed by atoms with Gasteiger partial charge in [0.05, 0.1) is 0 Å². The van der Waals surface area contributed by atoms with E-state index in [1.807, 2.05) is 13.8 Å². The van der Waals surface area contributed by atoms with Gasteiger partial charge in [-0.2, -0.15) is 0 Å². The summed E-state index contributed by atoms with van der Waals surface area (Å²) in [6.07, 6.45) is 6.47. The van der Waals surface area contributed by atoms with Crippen LogP contribution in [0.2, 0.25) is 0 Å². The Morgan fingerprint density at radius 1 is 0.800 bits per heavy atom. The van der Waals surface area contributed by atoms with Crippen LogP contribution in [0.1, 0.15) is 61.4 Å². The van der Waals surface area contributed by atoms with Gasteiger partial charge in [-0.1, -0.05) is 97.6 Å². The number of hydrogen-bond acceptors (Lipinski definition) is 4. The molecule has 0 saturated heterocycles. The number of benzene rings is 3. The molecule has 0 aliphatic carbocycles. The lowest BCUT2D eigenvalue weighted by atomic mass is 10.0. The Balaban J connectivity index is 0.000000708. The normalized spacial score (nSPS) is 10.6.